The molecular formula is C26H12FeN10S4. The molecule has 0 fully saturated rings. The van der Waals surface area contributed by atoms with Crippen molar-refractivity contribution in [3.63, 3.8) is 0 Å². The quantitative estimate of drug-likeness (QED) is 0.0737. The van der Waals surface area contributed by atoms with Gasteiger partial charge in [-0.1, -0.05) is 24.4 Å². The summed E-state index contributed by atoms with van der Waals surface area (Å²) < 4.78 is 17.4. The fourth-order valence-corrected chi connectivity index (χ4v) is 5.37. The van der Waals surface area contributed by atoms with Crippen molar-refractivity contribution in [2.75, 3.05) is 0 Å². The van der Waals surface area contributed by atoms with E-state index in [4.69, 9.17) is 10.8 Å². The maximum absolute atomic E-state index is 7.13. The van der Waals surface area contributed by atoms with Crippen LogP contribution in [0.4, 0.5) is 0 Å². The predicted octanol–water partition coefficient (Wildman–Crippen LogP) is 6.89. The molecule has 10 nitrogen and oxygen atoms in total. The van der Waals surface area contributed by atoms with Crippen LogP contribution >= 0.6 is 47.9 Å². The van der Waals surface area contributed by atoms with Crippen molar-refractivity contribution in [1.29, 1.82) is 0 Å². The summed E-state index contributed by atoms with van der Waals surface area (Å²) >= 11 is 9.85. The molecule has 0 aliphatic carbocycles. The van der Waals surface area contributed by atoms with Crippen molar-refractivity contribution in [2.45, 2.75) is 0 Å². The first kappa shape index (κ1) is 29.8. The van der Waals surface area contributed by atoms with E-state index in [2.05, 4.69) is 61.9 Å². The molecule has 0 bridgehead atoms. The molecule has 0 radical (unpaired) electrons. The monoisotopic (exact) mass is 648 g/mol. The molecule has 0 N–H and O–H groups in total. The van der Waals surface area contributed by atoms with Crippen molar-refractivity contribution in [2.24, 2.45) is 0 Å². The summed E-state index contributed by atoms with van der Waals surface area (Å²) in [5.74, 6) is 0. The molecule has 6 heterocycles. The third-order valence-electron chi connectivity index (χ3n) is 5.68. The Labute approximate surface area is 261 Å². The topological polar surface area (TPSA) is 148 Å². The second-order valence-electron chi connectivity index (χ2n) is 7.70. The fraction of sp³-hybridized carbons (Fsp3) is 0. The number of hydrogen-bond acceptors (Lipinski definition) is 12. The second-order valence-corrected chi connectivity index (χ2v) is 9.13. The van der Waals surface area contributed by atoms with E-state index in [0.29, 0.717) is 0 Å². The van der Waals surface area contributed by atoms with Gasteiger partial charge in [0, 0.05) is 46.3 Å². The van der Waals surface area contributed by atoms with Crippen molar-refractivity contribution >= 4 is 124 Å². The summed E-state index contributed by atoms with van der Waals surface area (Å²) in [4.78, 5) is 17.7. The summed E-state index contributed by atoms with van der Waals surface area (Å²) in [7, 11) is 0. The van der Waals surface area contributed by atoms with Crippen molar-refractivity contribution in [3.05, 3.63) is 84.1 Å². The third kappa shape index (κ3) is 5.84. The summed E-state index contributed by atoms with van der Waals surface area (Å²) in [6, 6.07) is 15.7. The average molecular weight is 649 g/mol. The number of isothiocyanates is 2. The van der Waals surface area contributed by atoms with Crippen LogP contribution in [0.25, 0.3) is 76.5 Å². The zero-order valence-electron chi connectivity index (χ0n) is 20.4. The SMILES string of the molecule is [Fe+2].[N-]=C=S.[N-]=C=S.c1cnc2c(c1)c1nsnc1c1cccnc12.c1cnc2c(c1)c1nsnc1c1cccnc12. The Bertz CT molecular complexity index is 1910. The Hall–Kier alpha value is -4.16. The van der Waals surface area contributed by atoms with Gasteiger partial charge in [-0.3, -0.25) is 19.9 Å². The Kier molecular flexibility index (Phi) is 10.1. The van der Waals surface area contributed by atoms with Crippen LogP contribution in [-0.2, 0) is 17.1 Å². The van der Waals surface area contributed by atoms with Crippen molar-refractivity contribution in [1.82, 2.24) is 37.4 Å². The van der Waals surface area contributed by atoms with Gasteiger partial charge in [0.1, 0.15) is 22.1 Å². The molecular weight excluding hydrogens is 636 g/mol. The maximum atomic E-state index is 7.13. The minimum absolute atomic E-state index is 0. The van der Waals surface area contributed by atoms with Gasteiger partial charge in [0.15, 0.2) is 0 Å². The molecule has 15 heteroatoms. The van der Waals surface area contributed by atoms with E-state index in [1.165, 1.54) is 33.8 Å². The standard InChI is InChI=1S/2C12H6N4S.2CNS.Fe/c2*1-3-7-9(13-5-1)10-8(4-2-6-14-10)12-11(7)15-17-16-12;2*2-1-3;/h2*1-6H;;;/q;;2*-1;+2. The molecule has 0 atom stereocenters. The molecule has 41 heavy (non-hydrogen) atoms. The van der Waals surface area contributed by atoms with Gasteiger partial charge in [0.05, 0.1) is 45.5 Å². The molecule has 0 amide bonds. The molecule has 8 aromatic rings. The van der Waals surface area contributed by atoms with E-state index in [1.54, 1.807) is 24.8 Å². The van der Waals surface area contributed by atoms with E-state index in [9.17, 15) is 0 Å². The van der Waals surface area contributed by atoms with Crippen molar-refractivity contribution < 1.29 is 17.1 Å². The van der Waals surface area contributed by atoms with Crippen LogP contribution in [-0.4, -0.2) is 47.8 Å². The summed E-state index contributed by atoms with van der Waals surface area (Å²) in [5, 5.41) is 21.0. The Balaban J connectivity index is 0.000000156. The summed E-state index contributed by atoms with van der Waals surface area (Å²) in [6.45, 7) is 0. The van der Waals surface area contributed by atoms with Crippen LogP contribution in [0.15, 0.2) is 73.3 Å². The number of aromatic nitrogens is 8. The molecule has 0 aliphatic rings. The first-order valence-corrected chi connectivity index (χ1v) is 13.5. The van der Waals surface area contributed by atoms with Crippen LogP contribution in [0, 0.1) is 0 Å². The molecule has 8 rings (SSSR count). The number of nitrogens with zero attached hydrogens (tertiary/aromatic N) is 10. The van der Waals surface area contributed by atoms with E-state index in [-0.39, 0.29) is 17.1 Å². The fourth-order valence-electron chi connectivity index (χ4n) is 4.22. The minimum atomic E-state index is 0. The maximum Gasteiger partial charge on any atom is 2.00 e. The largest absolute Gasteiger partial charge is 2.00 e. The van der Waals surface area contributed by atoms with E-state index < -0.39 is 0 Å². The van der Waals surface area contributed by atoms with Gasteiger partial charge in [-0.25, -0.2) is 0 Å². The third-order valence-corrected chi connectivity index (χ3v) is 6.73. The zero-order valence-corrected chi connectivity index (χ0v) is 24.8. The van der Waals surface area contributed by atoms with Crippen LogP contribution in [0.2, 0.25) is 0 Å². The van der Waals surface area contributed by atoms with E-state index in [0.717, 1.165) is 65.7 Å². The van der Waals surface area contributed by atoms with Gasteiger partial charge in [-0.2, -0.15) is 27.8 Å². The predicted molar refractivity (Wildman–Crippen MR) is 168 cm³/mol. The first-order valence-electron chi connectivity index (χ1n) is 11.2. The number of rotatable bonds is 0. The average Bonchev–Trinajstić information content (AvgIpc) is 3.70. The Morgan fingerprint density at radius 3 is 0.902 bits per heavy atom. The number of pyridine rings is 4. The number of fused-ring (bicyclic) bond motifs is 12. The van der Waals surface area contributed by atoms with Crippen LogP contribution in [0.1, 0.15) is 0 Å². The smallest absolute Gasteiger partial charge is 0.753 e. The van der Waals surface area contributed by atoms with Gasteiger partial charge in [-0.15, -0.1) is 0 Å². The Morgan fingerprint density at radius 1 is 0.463 bits per heavy atom. The first-order chi connectivity index (χ1) is 19.7. The number of hydrogen-bond donors (Lipinski definition) is 0. The zero-order chi connectivity index (χ0) is 27.9. The summed E-state index contributed by atoms with van der Waals surface area (Å²) in [6.07, 6.45) is 7.12. The van der Waals surface area contributed by atoms with Crippen molar-refractivity contribution in [3.8, 4) is 0 Å². The van der Waals surface area contributed by atoms with E-state index >= 15 is 0 Å². The molecule has 0 aliphatic heterocycles. The van der Waals surface area contributed by atoms with Crippen LogP contribution in [0.5, 0.6) is 0 Å². The van der Waals surface area contributed by atoms with E-state index in [1.807, 2.05) is 48.5 Å². The molecule has 2 aromatic carbocycles. The molecule has 6 aromatic heterocycles. The van der Waals surface area contributed by atoms with Crippen LogP contribution in [0.3, 0.4) is 0 Å². The van der Waals surface area contributed by atoms with Gasteiger partial charge < -0.3 is 10.8 Å². The summed E-state index contributed by atoms with van der Waals surface area (Å²) in [5.41, 5.74) is 7.23. The molecule has 0 saturated heterocycles. The van der Waals surface area contributed by atoms with Crippen LogP contribution < -0.4 is 0 Å². The van der Waals surface area contributed by atoms with Gasteiger partial charge >= 0.3 is 17.1 Å². The van der Waals surface area contributed by atoms with Gasteiger partial charge in [-0.05, 0) is 48.5 Å². The second kappa shape index (κ2) is 14.0. The van der Waals surface area contributed by atoms with Gasteiger partial charge in [0.2, 0.25) is 0 Å². The minimum Gasteiger partial charge on any atom is -0.753 e. The molecule has 0 spiro atoms. The number of thiocarbonyl (C=S) groups is 2. The number of benzene rings is 2. The Morgan fingerprint density at radius 2 is 0.683 bits per heavy atom. The normalized spacial score (nSPS) is 9.95. The van der Waals surface area contributed by atoms with Gasteiger partial charge in [0.25, 0.3) is 0 Å². The molecule has 0 unspecified atom stereocenters. The molecule has 198 valence electrons. The molecule has 0 saturated carbocycles.